The van der Waals surface area contributed by atoms with E-state index in [-0.39, 0.29) is 23.9 Å². The highest BCUT2D eigenvalue weighted by Gasteiger charge is 2.10. The largest absolute Gasteiger partial charge is 0.494 e. The van der Waals surface area contributed by atoms with E-state index in [1.54, 1.807) is 24.3 Å². The highest BCUT2D eigenvalue weighted by atomic mass is 32.1. The van der Waals surface area contributed by atoms with Crippen molar-refractivity contribution in [3.63, 3.8) is 0 Å². The maximum absolute atomic E-state index is 12.3. The van der Waals surface area contributed by atoms with Crippen LogP contribution in [-0.2, 0) is 16.1 Å². The molecule has 176 valence electrons. The van der Waals surface area contributed by atoms with Gasteiger partial charge in [-0.3, -0.25) is 30.6 Å². The molecule has 0 unspecified atom stereocenters. The fourth-order valence-corrected chi connectivity index (χ4v) is 2.90. The first kappa shape index (κ1) is 25.8. The van der Waals surface area contributed by atoms with Gasteiger partial charge in [0, 0.05) is 24.9 Å². The Hall–Kier alpha value is -3.46. The minimum absolute atomic E-state index is 0.0239. The number of unbranched alkanes of at least 4 members (excludes halogenated alkanes) is 2. The molecule has 0 fully saturated rings. The lowest BCUT2D eigenvalue weighted by atomic mass is 10.2. The number of hydrazine groups is 1. The fourth-order valence-electron chi connectivity index (χ4n) is 2.75. The molecule has 9 heteroatoms. The summed E-state index contributed by atoms with van der Waals surface area (Å²) in [6.45, 7) is 3.17. The number of benzene rings is 2. The van der Waals surface area contributed by atoms with E-state index in [4.69, 9.17) is 17.0 Å². The molecule has 0 atom stereocenters. The zero-order valence-electron chi connectivity index (χ0n) is 18.7. The zero-order chi connectivity index (χ0) is 23.9. The molecule has 8 nitrogen and oxygen atoms in total. The van der Waals surface area contributed by atoms with Crippen LogP contribution in [0, 0.1) is 0 Å². The predicted molar refractivity (Wildman–Crippen MR) is 130 cm³/mol. The van der Waals surface area contributed by atoms with Gasteiger partial charge >= 0.3 is 0 Å². The number of carbonyl (C=O) groups excluding carboxylic acids is 3. The summed E-state index contributed by atoms with van der Waals surface area (Å²) < 4.78 is 5.62. The first-order chi connectivity index (χ1) is 16.0. The molecule has 2 rings (SSSR count). The molecular formula is C24H30N4O4S. The van der Waals surface area contributed by atoms with Crippen LogP contribution in [0.15, 0.2) is 54.6 Å². The highest BCUT2D eigenvalue weighted by molar-refractivity contribution is 7.80. The molecule has 0 aliphatic rings. The molecule has 3 amide bonds. The van der Waals surface area contributed by atoms with E-state index in [0.717, 1.165) is 24.8 Å². The van der Waals surface area contributed by atoms with Gasteiger partial charge in [0.05, 0.1) is 6.61 Å². The number of hydrogen-bond donors (Lipinski definition) is 4. The van der Waals surface area contributed by atoms with Crippen molar-refractivity contribution in [1.82, 2.24) is 21.5 Å². The minimum Gasteiger partial charge on any atom is -0.494 e. The standard InChI is InChI=1S/C24H30N4O4S/c1-2-3-7-16-32-20-12-10-19(11-13-20)23(31)26-24(33)28-27-22(30)15-14-21(29)25-17-18-8-5-4-6-9-18/h4-6,8-13H,2-3,7,14-17H2,1H3,(H,25,29)(H,27,30)(H2,26,28,31,33). The molecule has 0 aliphatic carbocycles. The molecule has 4 N–H and O–H groups in total. The van der Waals surface area contributed by atoms with Gasteiger partial charge in [-0.2, -0.15) is 0 Å². The third kappa shape index (κ3) is 10.6. The van der Waals surface area contributed by atoms with Gasteiger partial charge < -0.3 is 10.1 Å². The molecule has 0 saturated carbocycles. The molecule has 2 aromatic carbocycles. The van der Waals surface area contributed by atoms with Crippen LogP contribution < -0.4 is 26.2 Å². The van der Waals surface area contributed by atoms with E-state index < -0.39 is 11.8 Å². The van der Waals surface area contributed by atoms with E-state index in [0.29, 0.717) is 24.5 Å². The van der Waals surface area contributed by atoms with E-state index in [2.05, 4.69) is 28.4 Å². The molecule has 0 heterocycles. The van der Waals surface area contributed by atoms with Gasteiger partial charge in [0.15, 0.2) is 5.11 Å². The smallest absolute Gasteiger partial charge is 0.257 e. The Balaban J connectivity index is 1.62. The topological polar surface area (TPSA) is 109 Å². The van der Waals surface area contributed by atoms with Crippen molar-refractivity contribution in [3.8, 4) is 5.75 Å². The van der Waals surface area contributed by atoms with Crippen LogP contribution in [-0.4, -0.2) is 29.4 Å². The Labute approximate surface area is 199 Å². The van der Waals surface area contributed by atoms with Crippen molar-refractivity contribution in [2.24, 2.45) is 0 Å². The molecule has 0 radical (unpaired) electrons. The Morgan fingerprint density at radius 1 is 0.879 bits per heavy atom. The summed E-state index contributed by atoms with van der Waals surface area (Å²) >= 11 is 5.03. The van der Waals surface area contributed by atoms with Crippen LogP contribution in [0.25, 0.3) is 0 Å². The monoisotopic (exact) mass is 470 g/mol. The molecule has 0 spiro atoms. The third-order valence-corrected chi connectivity index (χ3v) is 4.79. The van der Waals surface area contributed by atoms with Crippen molar-refractivity contribution < 1.29 is 19.1 Å². The van der Waals surface area contributed by atoms with Crippen molar-refractivity contribution in [2.45, 2.75) is 45.6 Å². The normalized spacial score (nSPS) is 10.1. The molecule has 33 heavy (non-hydrogen) atoms. The summed E-state index contributed by atoms with van der Waals surface area (Å²) in [5.41, 5.74) is 6.21. The second-order valence-corrected chi connectivity index (χ2v) is 7.71. The van der Waals surface area contributed by atoms with Gasteiger partial charge in [0.25, 0.3) is 5.91 Å². The van der Waals surface area contributed by atoms with Crippen LogP contribution >= 0.6 is 12.2 Å². The molecule has 0 aromatic heterocycles. The fraction of sp³-hybridized carbons (Fsp3) is 0.333. The Bertz CT molecular complexity index is 920. The number of rotatable bonds is 11. The van der Waals surface area contributed by atoms with Crippen molar-refractivity contribution in [2.75, 3.05) is 6.61 Å². The Morgan fingerprint density at radius 2 is 1.58 bits per heavy atom. The molecule has 0 bridgehead atoms. The maximum atomic E-state index is 12.3. The van der Waals surface area contributed by atoms with Gasteiger partial charge in [-0.1, -0.05) is 50.1 Å². The van der Waals surface area contributed by atoms with Crippen LogP contribution in [0.3, 0.4) is 0 Å². The lowest BCUT2D eigenvalue weighted by Crippen LogP contribution is -2.48. The number of hydrogen-bond acceptors (Lipinski definition) is 5. The summed E-state index contributed by atoms with van der Waals surface area (Å²) in [7, 11) is 0. The highest BCUT2D eigenvalue weighted by Crippen LogP contribution is 2.13. The third-order valence-electron chi connectivity index (χ3n) is 4.59. The summed E-state index contributed by atoms with van der Waals surface area (Å²) in [6.07, 6.45) is 3.24. The summed E-state index contributed by atoms with van der Waals surface area (Å²) in [5, 5.41) is 5.18. The second-order valence-electron chi connectivity index (χ2n) is 7.30. The zero-order valence-corrected chi connectivity index (χ0v) is 19.5. The van der Waals surface area contributed by atoms with E-state index in [1.807, 2.05) is 30.3 Å². The Morgan fingerprint density at radius 3 is 2.27 bits per heavy atom. The van der Waals surface area contributed by atoms with Crippen LogP contribution in [0.2, 0.25) is 0 Å². The average molecular weight is 471 g/mol. The number of nitrogens with one attached hydrogen (secondary N) is 4. The van der Waals surface area contributed by atoms with Gasteiger partial charge in [0.2, 0.25) is 11.8 Å². The van der Waals surface area contributed by atoms with Crippen LogP contribution in [0.5, 0.6) is 5.75 Å². The van der Waals surface area contributed by atoms with Gasteiger partial charge in [-0.05, 0) is 48.5 Å². The van der Waals surface area contributed by atoms with Gasteiger partial charge in [-0.15, -0.1) is 0 Å². The van der Waals surface area contributed by atoms with E-state index >= 15 is 0 Å². The second kappa shape index (κ2) is 14.6. The predicted octanol–water partition coefficient (Wildman–Crippen LogP) is 2.99. The molecular weight excluding hydrogens is 440 g/mol. The van der Waals surface area contributed by atoms with Crippen LogP contribution in [0.4, 0.5) is 0 Å². The number of thiocarbonyl (C=S) groups is 1. The number of carbonyl (C=O) groups is 3. The van der Waals surface area contributed by atoms with Crippen molar-refractivity contribution in [3.05, 3.63) is 65.7 Å². The Kier molecular flexibility index (Phi) is 11.4. The first-order valence-corrected chi connectivity index (χ1v) is 11.3. The lowest BCUT2D eigenvalue weighted by Gasteiger charge is -2.11. The minimum atomic E-state index is -0.425. The van der Waals surface area contributed by atoms with Crippen molar-refractivity contribution in [1.29, 1.82) is 0 Å². The lowest BCUT2D eigenvalue weighted by molar-refractivity contribution is -0.126. The summed E-state index contributed by atoms with van der Waals surface area (Å²) in [5.74, 6) is -0.378. The van der Waals surface area contributed by atoms with E-state index in [1.165, 1.54) is 0 Å². The molecule has 0 saturated heterocycles. The van der Waals surface area contributed by atoms with E-state index in [9.17, 15) is 14.4 Å². The maximum Gasteiger partial charge on any atom is 0.257 e. The quantitative estimate of drug-likeness (QED) is 0.228. The van der Waals surface area contributed by atoms with Crippen molar-refractivity contribution >= 4 is 35.1 Å². The van der Waals surface area contributed by atoms with Gasteiger partial charge in [-0.25, -0.2) is 0 Å². The number of ether oxygens (including phenoxy) is 1. The molecule has 2 aromatic rings. The first-order valence-electron chi connectivity index (χ1n) is 10.9. The van der Waals surface area contributed by atoms with Crippen LogP contribution in [0.1, 0.15) is 54.9 Å². The summed E-state index contributed by atoms with van der Waals surface area (Å²) in [6, 6.07) is 16.2. The van der Waals surface area contributed by atoms with Gasteiger partial charge in [0.1, 0.15) is 5.75 Å². The SMILES string of the molecule is CCCCCOc1ccc(C(=O)NC(=S)NNC(=O)CCC(=O)NCc2ccccc2)cc1. The summed E-state index contributed by atoms with van der Waals surface area (Å²) in [4.78, 5) is 36.0. The average Bonchev–Trinajstić information content (AvgIpc) is 2.83. The number of amides is 3. The molecule has 0 aliphatic heterocycles.